The number of nitrogens with one attached hydrogen (secondary N) is 1. The Bertz CT molecular complexity index is 478. The van der Waals surface area contributed by atoms with Crippen molar-refractivity contribution in [1.29, 1.82) is 0 Å². The third kappa shape index (κ3) is 4.54. The molecule has 1 atom stereocenters. The molecule has 1 aromatic carbocycles. The van der Waals surface area contributed by atoms with Gasteiger partial charge >= 0.3 is 5.97 Å². The molecule has 1 heterocycles. The molecule has 1 aliphatic heterocycles. The molecule has 2 rings (SSSR count). The molecule has 0 aromatic heterocycles. The molecule has 1 N–H and O–H groups in total. The highest BCUT2D eigenvalue weighted by molar-refractivity contribution is 5.85. The molecule has 0 bridgehead atoms. The Balaban J connectivity index is 1.80. The van der Waals surface area contributed by atoms with Gasteiger partial charge in [0.1, 0.15) is 6.10 Å². The minimum atomic E-state index is -0.754. The maximum Gasteiger partial charge on any atom is 0.308 e. The second kappa shape index (κ2) is 7.75. The van der Waals surface area contributed by atoms with E-state index in [1.807, 2.05) is 30.3 Å². The molecule has 0 saturated carbocycles. The van der Waals surface area contributed by atoms with Gasteiger partial charge in [-0.2, -0.15) is 0 Å². The summed E-state index contributed by atoms with van der Waals surface area (Å²) in [6.07, 6.45) is 0.0229. The van der Waals surface area contributed by atoms with Gasteiger partial charge in [-0.25, -0.2) is 5.43 Å². The monoisotopic (exact) mass is 292 g/mol. The number of benzene rings is 1. The summed E-state index contributed by atoms with van der Waals surface area (Å²) >= 11 is 0. The Labute approximate surface area is 124 Å². The molecule has 1 aromatic rings. The zero-order valence-corrected chi connectivity index (χ0v) is 12.1. The first-order valence-corrected chi connectivity index (χ1v) is 6.98. The van der Waals surface area contributed by atoms with Gasteiger partial charge in [-0.1, -0.05) is 30.3 Å². The summed E-state index contributed by atoms with van der Waals surface area (Å²) in [5.74, 6) is -0.667. The van der Waals surface area contributed by atoms with Gasteiger partial charge in [-0.3, -0.25) is 14.6 Å². The van der Waals surface area contributed by atoms with Gasteiger partial charge in [0.2, 0.25) is 0 Å². The minimum Gasteiger partial charge on any atom is -0.469 e. The van der Waals surface area contributed by atoms with Crippen LogP contribution in [0.1, 0.15) is 12.0 Å². The number of hydrogen-bond donors (Lipinski definition) is 1. The number of esters is 1. The third-order valence-electron chi connectivity index (χ3n) is 3.31. The maximum atomic E-state index is 12.1. The predicted molar refractivity (Wildman–Crippen MR) is 76.2 cm³/mol. The summed E-state index contributed by atoms with van der Waals surface area (Å²) in [5, 5.41) is 1.53. The summed E-state index contributed by atoms with van der Waals surface area (Å²) in [6, 6.07) is 10.0. The normalized spacial score (nSPS) is 18.6. The van der Waals surface area contributed by atoms with Crippen molar-refractivity contribution < 1.29 is 19.1 Å². The van der Waals surface area contributed by atoms with Gasteiger partial charge in [0.05, 0.1) is 26.7 Å². The van der Waals surface area contributed by atoms with E-state index in [1.54, 1.807) is 0 Å². The lowest BCUT2D eigenvalue weighted by Crippen LogP contribution is -2.54. The van der Waals surface area contributed by atoms with Crippen LogP contribution in [-0.4, -0.2) is 49.8 Å². The van der Waals surface area contributed by atoms with E-state index in [0.717, 1.165) is 6.42 Å². The Kier molecular flexibility index (Phi) is 5.71. The van der Waals surface area contributed by atoms with Crippen LogP contribution in [0.15, 0.2) is 30.3 Å². The van der Waals surface area contributed by atoms with Crippen LogP contribution < -0.4 is 5.43 Å². The number of morpholine rings is 1. The van der Waals surface area contributed by atoms with Gasteiger partial charge in [-0.15, -0.1) is 0 Å². The van der Waals surface area contributed by atoms with Crippen molar-refractivity contribution in [1.82, 2.24) is 10.4 Å². The molecule has 0 unspecified atom stereocenters. The van der Waals surface area contributed by atoms with E-state index in [4.69, 9.17) is 4.74 Å². The fraction of sp³-hybridized carbons (Fsp3) is 0.467. The fourth-order valence-electron chi connectivity index (χ4n) is 2.16. The summed E-state index contributed by atoms with van der Waals surface area (Å²) in [6.45, 7) is 1.54. The quantitative estimate of drug-likeness (QED) is 0.774. The Hall–Kier alpha value is -1.92. The van der Waals surface area contributed by atoms with Crippen molar-refractivity contribution in [2.24, 2.45) is 0 Å². The van der Waals surface area contributed by atoms with Crippen LogP contribution in [0.25, 0.3) is 0 Å². The van der Waals surface area contributed by atoms with E-state index >= 15 is 0 Å². The first kappa shape index (κ1) is 15.5. The van der Waals surface area contributed by atoms with Crippen molar-refractivity contribution >= 4 is 11.9 Å². The van der Waals surface area contributed by atoms with Crippen molar-refractivity contribution in [2.75, 3.05) is 26.8 Å². The van der Waals surface area contributed by atoms with Gasteiger partial charge in [0.15, 0.2) is 0 Å². The van der Waals surface area contributed by atoms with Gasteiger partial charge in [-0.05, 0) is 12.0 Å². The first-order valence-electron chi connectivity index (χ1n) is 6.98. The lowest BCUT2D eigenvalue weighted by Gasteiger charge is -2.32. The molecule has 6 heteroatoms. The average molecular weight is 292 g/mol. The van der Waals surface area contributed by atoms with Crippen LogP contribution in [0, 0.1) is 0 Å². The van der Waals surface area contributed by atoms with Gasteiger partial charge in [0, 0.05) is 6.54 Å². The average Bonchev–Trinajstić information content (AvgIpc) is 2.52. The number of ether oxygens (including phenoxy) is 2. The summed E-state index contributed by atoms with van der Waals surface area (Å²) in [7, 11) is 1.30. The number of carbonyl (C=O) groups excluding carboxylic acids is 2. The SMILES string of the molecule is COC(=O)C[C@@H]1OCCN(NCCc2ccccc2)C1=O. The summed E-state index contributed by atoms with van der Waals surface area (Å²) < 4.78 is 9.89. The van der Waals surface area contributed by atoms with Crippen LogP contribution in [0.3, 0.4) is 0 Å². The first-order chi connectivity index (χ1) is 10.2. The molecular formula is C15H20N2O4. The highest BCUT2D eigenvalue weighted by Gasteiger charge is 2.31. The van der Waals surface area contributed by atoms with Gasteiger partial charge in [0.25, 0.3) is 5.91 Å². The van der Waals surface area contributed by atoms with Crippen LogP contribution in [0.4, 0.5) is 0 Å². The standard InChI is InChI=1S/C15H20N2O4/c1-20-14(18)11-13-15(19)17(9-10-21-13)16-8-7-12-5-3-2-4-6-12/h2-6,13,16H,7-11H2,1H3/t13-/m0/s1. The molecule has 6 nitrogen and oxygen atoms in total. The van der Waals surface area contributed by atoms with E-state index in [2.05, 4.69) is 10.2 Å². The zero-order valence-electron chi connectivity index (χ0n) is 12.1. The van der Waals surface area contributed by atoms with Crippen molar-refractivity contribution in [3.63, 3.8) is 0 Å². The second-order valence-electron chi connectivity index (χ2n) is 4.77. The van der Waals surface area contributed by atoms with Crippen LogP contribution in [0.5, 0.6) is 0 Å². The number of hydrogen-bond acceptors (Lipinski definition) is 5. The van der Waals surface area contributed by atoms with Crippen LogP contribution >= 0.6 is 0 Å². The second-order valence-corrected chi connectivity index (χ2v) is 4.77. The van der Waals surface area contributed by atoms with Crippen molar-refractivity contribution in [2.45, 2.75) is 18.9 Å². The molecule has 0 spiro atoms. The number of methoxy groups -OCH3 is 1. The Morgan fingerprint density at radius 1 is 1.43 bits per heavy atom. The number of hydrazine groups is 1. The van der Waals surface area contributed by atoms with Crippen LogP contribution in [-0.2, 0) is 25.5 Å². The number of rotatable bonds is 6. The topological polar surface area (TPSA) is 67.9 Å². The molecule has 0 aliphatic carbocycles. The lowest BCUT2D eigenvalue weighted by molar-refractivity contribution is -0.163. The van der Waals surface area contributed by atoms with E-state index in [-0.39, 0.29) is 12.3 Å². The lowest BCUT2D eigenvalue weighted by atomic mass is 10.1. The number of carbonyl (C=O) groups is 2. The molecular weight excluding hydrogens is 272 g/mol. The van der Waals surface area contributed by atoms with E-state index in [0.29, 0.717) is 19.7 Å². The molecule has 1 fully saturated rings. The van der Waals surface area contributed by atoms with Crippen molar-refractivity contribution in [3.05, 3.63) is 35.9 Å². The highest BCUT2D eigenvalue weighted by atomic mass is 16.5. The number of nitrogens with zero attached hydrogens (tertiary/aromatic N) is 1. The highest BCUT2D eigenvalue weighted by Crippen LogP contribution is 2.09. The van der Waals surface area contributed by atoms with Crippen molar-refractivity contribution in [3.8, 4) is 0 Å². The van der Waals surface area contributed by atoms with E-state index in [9.17, 15) is 9.59 Å². The zero-order chi connectivity index (χ0) is 15.1. The predicted octanol–water partition coefficient (Wildman–Crippen LogP) is 0.524. The number of amides is 1. The summed E-state index contributed by atoms with van der Waals surface area (Å²) in [5.41, 5.74) is 4.30. The molecule has 1 aliphatic rings. The van der Waals surface area contributed by atoms with Gasteiger partial charge < -0.3 is 9.47 Å². The van der Waals surface area contributed by atoms with E-state index in [1.165, 1.54) is 17.7 Å². The Morgan fingerprint density at radius 2 is 2.19 bits per heavy atom. The Morgan fingerprint density at radius 3 is 2.90 bits per heavy atom. The smallest absolute Gasteiger partial charge is 0.308 e. The third-order valence-corrected chi connectivity index (χ3v) is 3.31. The largest absolute Gasteiger partial charge is 0.469 e. The van der Waals surface area contributed by atoms with E-state index < -0.39 is 12.1 Å². The molecule has 114 valence electrons. The molecule has 1 amide bonds. The molecule has 0 radical (unpaired) electrons. The molecule has 1 saturated heterocycles. The summed E-state index contributed by atoms with van der Waals surface area (Å²) in [4.78, 5) is 23.4. The van der Waals surface area contributed by atoms with Crippen LogP contribution in [0.2, 0.25) is 0 Å². The minimum absolute atomic E-state index is 0.0494. The maximum absolute atomic E-state index is 12.1. The fourth-order valence-corrected chi connectivity index (χ4v) is 2.16. The molecule has 21 heavy (non-hydrogen) atoms.